The van der Waals surface area contributed by atoms with Crippen LogP contribution < -0.4 is 4.74 Å². The van der Waals surface area contributed by atoms with Crippen molar-refractivity contribution in [3.05, 3.63) is 33.8 Å². The highest BCUT2D eigenvalue weighted by Gasteiger charge is 2.18. The first-order valence-corrected chi connectivity index (χ1v) is 9.01. The number of carbonyl (C=O) groups is 1. The molecule has 0 amide bonds. The maximum absolute atomic E-state index is 11.2. The third kappa shape index (κ3) is 4.47. The fraction of sp³-hybridized carbons (Fsp3) is 0.412. The van der Waals surface area contributed by atoms with Crippen molar-refractivity contribution in [2.75, 3.05) is 26.2 Å². The maximum Gasteiger partial charge on any atom is 0.347 e. The number of nitrogens with zero attached hydrogens (tertiary/aromatic N) is 2. The Balaban J connectivity index is 2.25. The number of halogens is 1. The lowest BCUT2D eigenvalue weighted by molar-refractivity contribution is 0.0701. The predicted octanol–water partition coefficient (Wildman–Crippen LogP) is 4.19. The summed E-state index contributed by atoms with van der Waals surface area (Å²) in [6.45, 7) is 9.24. The lowest BCUT2D eigenvalue weighted by Gasteiger charge is -2.18. The summed E-state index contributed by atoms with van der Waals surface area (Å²) in [6, 6.07) is 5.33. The largest absolute Gasteiger partial charge is 0.492 e. The van der Waals surface area contributed by atoms with Crippen molar-refractivity contribution < 1.29 is 14.6 Å². The number of aryl methyl sites for hydroxylation is 1. The van der Waals surface area contributed by atoms with E-state index in [1.807, 2.05) is 0 Å². The molecule has 5 nitrogen and oxygen atoms in total. The maximum atomic E-state index is 11.2. The Labute approximate surface area is 150 Å². The molecule has 0 bridgehead atoms. The number of carboxylic acids is 1. The van der Waals surface area contributed by atoms with Gasteiger partial charge in [0.05, 0.1) is 11.3 Å². The van der Waals surface area contributed by atoms with Gasteiger partial charge in [0.25, 0.3) is 0 Å². The van der Waals surface area contributed by atoms with Crippen molar-refractivity contribution in [1.82, 2.24) is 9.88 Å². The highest BCUT2D eigenvalue weighted by atomic mass is 35.5. The Morgan fingerprint density at radius 1 is 1.38 bits per heavy atom. The Kier molecular flexibility index (Phi) is 6.60. The fourth-order valence-corrected chi connectivity index (χ4v) is 3.43. The van der Waals surface area contributed by atoms with Gasteiger partial charge in [-0.15, -0.1) is 11.3 Å². The minimum absolute atomic E-state index is 0.235. The zero-order valence-electron chi connectivity index (χ0n) is 14.0. The zero-order valence-corrected chi connectivity index (χ0v) is 15.6. The van der Waals surface area contributed by atoms with Crippen LogP contribution in [0.1, 0.15) is 29.2 Å². The predicted molar refractivity (Wildman–Crippen MR) is 97.5 cm³/mol. The molecule has 0 saturated carbocycles. The molecule has 1 aromatic heterocycles. The molecule has 7 heteroatoms. The third-order valence-corrected chi connectivity index (χ3v) is 5.14. The SMILES string of the molecule is CCN(CC)CCOc1ccc(Cl)cc1-c1nc(C)c(C(=O)O)s1. The summed E-state index contributed by atoms with van der Waals surface area (Å²) in [4.78, 5) is 18.1. The van der Waals surface area contributed by atoms with Gasteiger partial charge in [-0.1, -0.05) is 25.4 Å². The van der Waals surface area contributed by atoms with Gasteiger partial charge in [-0.25, -0.2) is 9.78 Å². The number of hydrogen-bond donors (Lipinski definition) is 1. The van der Waals surface area contributed by atoms with Crippen LogP contribution in [0.25, 0.3) is 10.6 Å². The van der Waals surface area contributed by atoms with Crippen LogP contribution in [0.4, 0.5) is 0 Å². The average molecular weight is 369 g/mol. The monoisotopic (exact) mass is 368 g/mol. The quantitative estimate of drug-likeness (QED) is 0.756. The first kappa shape index (κ1) is 18.7. The van der Waals surface area contributed by atoms with E-state index in [-0.39, 0.29) is 4.88 Å². The van der Waals surface area contributed by atoms with E-state index in [9.17, 15) is 9.90 Å². The smallest absolute Gasteiger partial charge is 0.347 e. The Bertz CT molecular complexity index is 714. The summed E-state index contributed by atoms with van der Waals surface area (Å²) in [5.74, 6) is -0.306. The Morgan fingerprint density at radius 2 is 2.08 bits per heavy atom. The summed E-state index contributed by atoms with van der Waals surface area (Å²) < 4.78 is 5.91. The highest BCUT2D eigenvalue weighted by molar-refractivity contribution is 7.17. The number of aromatic carboxylic acids is 1. The molecule has 0 aliphatic carbocycles. The van der Waals surface area contributed by atoms with Gasteiger partial charge in [-0.2, -0.15) is 0 Å². The van der Waals surface area contributed by atoms with Gasteiger partial charge in [-0.3, -0.25) is 0 Å². The average Bonchev–Trinajstić information content (AvgIpc) is 2.94. The molecule has 0 radical (unpaired) electrons. The topological polar surface area (TPSA) is 62.7 Å². The molecule has 0 saturated heterocycles. The molecule has 0 aliphatic heterocycles. The minimum atomic E-state index is -0.970. The lowest BCUT2D eigenvalue weighted by Crippen LogP contribution is -2.27. The Morgan fingerprint density at radius 3 is 2.67 bits per heavy atom. The van der Waals surface area contributed by atoms with E-state index in [0.29, 0.717) is 28.1 Å². The van der Waals surface area contributed by atoms with E-state index in [2.05, 4.69) is 23.7 Å². The van der Waals surface area contributed by atoms with Crippen molar-refractivity contribution in [2.24, 2.45) is 0 Å². The van der Waals surface area contributed by atoms with E-state index in [1.54, 1.807) is 25.1 Å². The second-order valence-electron chi connectivity index (χ2n) is 5.25. The molecule has 24 heavy (non-hydrogen) atoms. The normalized spacial score (nSPS) is 11.0. The van der Waals surface area contributed by atoms with Crippen LogP contribution in [-0.4, -0.2) is 47.2 Å². The van der Waals surface area contributed by atoms with Gasteiger partial charge in [0.15, 0.2) is 0 Å². The number of carboxylic acid groups (broad SMARTS) is 1. The molecule has 2 rings (SSSR count). The zero-order chi connectivity index (χ0) is 17.7. The van der Waals surface area contributed by atoms with Gasteiger partial charge in [-0.05, 0) is 38.2 Å². The molecule has 130 valence electrons. The fourth-order valence-electron chi connectivity index (χ4n) is 2.33. The Hall–Kier alpha value is -1.63. The lowest BCUT2D eigenvalue weighted by atomic mass is 10.2. The van der Waals surface area contributed by atoms with Crippen LogP contribution in [0.15, 0.2) is 18.2 Å². The summed E-state index contributed by atoms with van der Waals surface area (Å²) in [5, 5.41) is 10.4. The summed E-state index contributed by atoms with van der Waals surface area (Å²) in [7, 11) is 0. The van der Waals surface area contributed by atoms with Gasteiger partial charge >= 0.3 is 5.97 Å². The number of benzene rings is 1. The first-order valence-electron chi connectivity index (χ1n) is 7.82. The highest BCUT2D eigenvalue weighted by Crippen LogP contribution is 2.36. The summed E-state index contributed by atoms with van der Waals surface area (Å²) >= 11 is 7.23. The van der Waals surface area contributed by atoms with Crippen molar-refractivity contribution in [2.45, 2.75) is 20.8 Å². The number of likely N-dealkylation sites (N-methyl/N-ethyl adjacent to an activating group) is 1. The molecule has 0 atom stereocenters. The molecule has 0 fully saturated rings. The molecule has 1 N–H and O–H groups in total. The van der Waals surface area contributed by atoms with Crippen LogP contribution >= 0.6 is 22.9 Å². The molecular weight excluding hydrogens is 348 g/mol. The van der Waals surface area contributed by atoms with Crippen LogP contribution in [0, 0.1) is 6.92 Å². The van der Waals surface area contributed by atoms with E-state index in [1.165, 1.54) is 0 Å². The van der Waals surface area contributed by atoms with Crippen LogP contribution in [0.3, 0.4) is 0 Å². The minimum Gasteiger partial charge on any atom is -0.492 e. The van der Waals surface area contributed by atoms with Crippen LogP contribution in [0.5, 0.6) is 5.75 Å². The van der Waals surface area contributed by atoms with Crippen molar-refractivity contribution in [1.29, 1.82) is 0 Å². The number of thiazole rings is 1. The number of ether oxygens (including phenoxy) is 1. The van der Waals surface area contributed by atoms with E-state index >= 15 is 0 Å². The van der Waals surface area contributed by atoms with Crippen molar-refractivity contribution >= 4 is 28.9 Å². The number of aromatic nitrogens is 1. The third-order valence-electron chi connectivity index (χ3n) is 3.72. The van der Waals surface area contributed by atoms with E-state index in [0.717, 1.165) is 36.5 Å². The molecule has 1 heterocycles. The van der Waals surface area contributed by atoms with Gasteiger partial charge in [0.1, 0.15) is 22.2 Å². The van der Waals surface area contributed by atoms with Crippen molar-refractivity contribution in [3.8, 4) is 16.3 Å². The number of hydrogen-bond acceptors (Lipinski definition) is 5. The summed E-state index contributed by atoms with van der Waals surface area (Å²) in [6.07, 6.45) is 0. The molecule has 0 aliphatic rings. The standard InChI is InChI=1S/C17H21ClN2O3S/c1-4-20(5-2)8-9-23-14-7-6-12(18)10-13(14)16-19-11(3)15(24-16)17(21)22/h6-7,10H,4-5,8-9H2,1-3H3,(H,21,22). The first-order chi connectivity index (χ1) is 11.5. The summed E-state index contributed by atoms with van der Waals surface area (Å²) in [5.41, 5.74) is 1.22. The van der Waals surface area contributed by atoms with Gasteiger partial charge in [0, 0.05) is 11.6 Å². The second kappa shape index (κ2) is 8.46. The van der Waals surface area contributed by atoms with Gasteiger partial charge < -0.3 is 14.7 Å². The molecule has 2 aromatic rings. The van der Waals surface area contributed by atoms with Crippen LogP contribution in [-0.2, 0) is 0 Å². The van der Waals surface area contributed by atoms with Crippen molar-refractivity contribution in [3.63, 3.8) is 0 Å². The number of rotatable bonds is 8. The van der Waals surface area contributed by atoms with E-state index in [4.69, 9.17) is 16.3 Å². The second-order valence-corrected chi connectivity index (χ2v) is 6.69. The molecule has 1 aromatic carbocycles. The molecule has 0 unspecified atom stereocenters. The molecule has 0 spiro atoms. The van der Waals surface area contributed by atoms with Gasteiger partial charge in [0.2, 0.25) is 0 Å². The van der Waals surface area contributed by atoms with E-state index < -0.39 is 5.97 Å². The molecular formula is C17H21ClN2O3S. The van der Waals surface area contributed by atoms with Crippen LogP contribution in [0.2, 0.25) is 5.02 Å².